The predicted molar refractivity (Wildman–Crippen MR) is 144 cm³/mol. The Morgan fingerprint density at radius 3 is 1.49 bits per heavy atom. The third kappa shape index (κ3) is 14.6. The highest BCUT2D eigenvalue weighted by Gasteiger charge is 2.61. The van der Waals surface area contributed by atoms with Crippen molar-refractivity contribution in [1.82, 2.24) is 5.32 Å². The van der Waals surface area contributed by atoms with Gasteiger partial charge < -0.3 is 25.0 Å². The number of esters is 2. The van der Waals surface area contributed by atoms with E-state index >= 15 is 0 Å². The van der Waals surface area contributed by atoms with Crippen LogP contribution in [-0.4, -0.2) is 61.4 Å². The number of aliphatic carboxylic acids is 2. The van der Waals surface area contributed by atoms with E-state index in [-0.39, 0.29) is 0 Å². The number of rotatable bonds is 20. The number of carbonyl (C=O) groups excluding carboxylic acids is 2. The molecule has 0 rings (SSSR count). The first-order chi connectivity index (χ1) is 17.7. The van der Waals surface area contributed by atoms with E-state index in [0.717, 1.165) is 52.6 Å². The van der Waals surface area contributed by atoms with Crippen molar-refractivity contribution in [3.63, 3.8) is 0 Å². The van der Waals surface area contributed by atoms with Crippen LogP contribution in [-0.2, 0) is 28.7 Å². The van der Waals surface area contributed by atoms with E-state index in [9.17, 15) is 29.4 Å². The normalized spacial score (nSPS) is 11.5. The smallest absolute Gasteiger partial charge is 0.339 e. The van der Waals surface area contributed by atoms with E-state index in [1.807, 2.05) is 0 Å². The van der Waals surface area contributed by atoms with Crippen molar-refractivity contribution in [3.8, 4) is 0 Å². The molecule has 3 N–H and O–H groups in total. The highest BCUT2D eigenvalue weighted by atomic mass is 16.6. The summed E-state index contributed by atoms with van der Waals surface area (Å²) in [5.41, 5.74) is -4.05. The van der Waals surface area contributed by atoms with Gasteiger partial charge in [-0.15, -0.1) is 0 Å². The van der Waals surface area contributed by atoms with E-state index in [4.69, 9.17) is 0 Å². The second-order valence-electron chi connectivity index (χ2n) is 8.63. The zero-order chi connectivity index (χ0) is 28.5. The Morgan fingerprint density at radius 2 is 1.16 bits per heavy atom. The van der Waals surface area contributed by atoms with Crippen LogP contribution in [0.15, 0.2) is 23.8 Å². The van der Waals surface area contributed by atoms with Gasteiger partial charge in [-0.1, -0.05) is 97.1 Å². The number of methoxy groups -OCH3 is 2. The molecular weight excluding hydrogens is 478 g/mol. The molecule has 0 atom stereocenters. The molecule has 9 heteroatoms. The summed E-state index contributed by atoms with van der Waals surface area (Å²) in [4.78, 5) is 47.7. The van der Waals surface area contributed by atoms with Gasteiger partial charge in [0.2, 0.25) is 0 Å². The molecule has 0 spiro atoms. The molecule has 0 unspecified atom stereocenters. The number of allylic oxidation sites excluding steroid dienone is 3. The van der Waals surface area contributed by atoms with E-state index in [2.05, 4.69) is 35.6 Å². The maximum Gasteiger partial charge on any atom is 0.339 e. The molecule has 0 aliphatic heterocycles. The van der Waals surface area contributed by atoms with Gasteiger partial charge in [0.25, 0.3) is 5.41 Å². The van der Waals surface area contributed by atoms with Crippen molar-refractivity contribution in [3.05, 3.63) is 23.8 Å². The summed E-state index contributed by atoms with van der Waals surface area (Å²) in [5.74, 6) is -6.79. The Hall–Kier alpha value is -2.68. The highest BCUT2D eigenvalue weighted by molar-refractivity contribution is 6.25. The van der Waals surface area contributed by atoms with Crippen LogP contribution in [0.1, 0.15) is 97.8 Å². The third-order valence-electron chi connectivity index (χ3n) is 5.81. The lowest BCUT2D eigenvalue weighted by molar-refractivity contribution is -0.177. The lowest BCUT2D eigenvalue weighted by atomic mass is 9.79. The predicted octanol–water partition coefficient (Wildman–Crippen LogP) is 5.29. The fourth-order valence-electron chi connectivity index (χ4n) is 3.69. The van der Waals surface area contributed by atoms with Crippen molar-refractivity contribution in [2.75, 3.05) is 27.3 Å². The lowest BCUT2D eigenvalue weighted by Crippen LogP contribution is -2.51. The molecule has 0 aromatic rings. The molecule has 0 aromatic carbocycles. The van der Waals surface area contributed by atoms with Gasteiger partial charge in [-0.2, -0.15) is 0 Å². The monoisotopic (exact) mass is 527 g/mol. The SMILES string of the molecule is CCCCCCCCCCCCCC=CC=C(C(=O)O)C(C(=O)O)(C(=O)OC)C(=O)OC.CCNCC. The molecule has 0 aromatic heterocycles. The zero-order valence-electron chi connectivity index (χ0n) is 23.5. The molecule has 0 saturated carbocycles. The lowest BCUT2D eigenvalue weighted by Gasteiger charge is -2.24. The molecule has 0 aliphatic carbocycles. The van der Waals surface area contributed by atoms with Crippen LogP contribution in [0.5, 0.6) is 0 Å². The first-order valence-electron chi connectivity index (χ1n) is 13.4. The maximum atomic E-state index is 12.1. The minimum absolute atomic E-state index is 0.664. The Morgan fingerprint density at radius 1 is 0.730 bits per heavy atom. The van der Waals surface area contributed by atoms with E-state index in [1.165, 1.54) is 57.4 Å². The molecule has 0 bridgehead atoms. The first-order valence-corrected chi connectivity index (χ1v) is 13.4. The van der Waals surface area contributed by atoms with Crippen LogP contribution in [0.25, 0.3) is 0 Å². The number of ether oxygens (including phenoxy) is 2. The molecule has 214 valence electrons. The topological polar surface area (TPSA) is 139 Å². The van der Waals surface area contributed by atoms with Gasteiger partial charge in [-0.25, -0.2) is 19.2 Å². The summed E-state index contributed by atoms with van der Waals surface area (Å²) in [6.07, 6.45) is 17.9. The molecule has 0 heterocycles. The molecule has 0 saturated heterocycles. The average molecular weight is 528 g/mol. The van der Waals surface area contributed by atoms with Crippen molar-refractivity contribution in [2.45, 2.75) is 97.8 Å². The van der Waals surface area contributed by atoms with Gasteiger partial charge >= 0.3 is 23.9 Å². The number of hydrogen-bond donors (Lipinski definition) is 3. The number of hydrogen-bond acceptors (Lipinski definition) is 7. The summed E-state index contributed by atoms with van der Waals surface area (Å²) in [7, 11) is 1.73. The van der Waals surface area contributed by atoms with Gasteiger partial charge in [0.1, 0.15) is 0 Å². The zero-order valence-corrected chi connectivity index (χ0v) is 23.5. The third-order valence-corrected chi connectivity index (χ3v) is 5.81. The Bertz CT molecular complexity index is 697. The van der Waals surface area contributed by atoms with Crippen LogP contribution in [0, 0.1) is 5.41 Å². The van der Waals surface area contributed by atoms with E-state index < -0.39 is 34.9 Å². The minimum atomic E-state index is -3.10. The van der Waals surface area contributed by atoms with Crippen LogP contribution in [0.2, 0.25) is 0 Å². The molecular formula is C28H49NO8. The molecule has 37 heavy (non-hydrogen) atoms. The van der Waals surface area contributed by atoms with Crippen LogP contribution < -0.4 is 5.32 Å². The summed E-state index contributed by atoms with van der Waals surface area (Å²) in [6, 6.07) is 0. The molecule has 0 amide bonds. The van der Waals surface area contributed by atoms with Gasteiger partial charge in [-0.3, -0.25) is 0 Å². The number of nitrogens with one attached hydrogen (secondary N) is 1. The molecule has 9 nitrogen and oxygen atoms in total. The van der Waals surface area contributed by atoms with Gasteiger partial charge in [0.05, 0.1) is 19.8 Å². The largest absolute Gasteiger partial charge is 0.480 e. The average Bonchev–Trinajstić information content (AvgIpc) is 2.88. The van der Waals surface area contributed by atoms with Gasteiger partial charge in [0.15, 0.2) is 0 Å². The highest BCUT2D eigenvalue weighted by Crippen LogP contribution is 2.32. The number of carboxylic acids is 2. The summed E-state index contributed by atoms with van der Waals surface area (Å²) >= 11 is 0. The summed E-state index contributed by atoms with van der Waals surface area (Å²) in [5, 5.41) is 22.1. The second-order valence-corrected chi connectivity index (χ2v) is 8.63. The van der Waals surface area contributed by atoms with Crippen LogP contribution in [0.4, 0.5) is 0 Å². The van der Waals surface area contributed by atoms with Gasteiger partial charge in [-0.05, 0) is 32.0 Å². The van der Waals surface area contributed by atoms with Crippen LogP contribution in [0.3, 0.4) is 0 Å². The fourth-order valence-corrected chi connectivity index (χ4v) is 3.69. The molecule has 0 aliphatic rings. The second kappa shape index (κ2) is 23.7. The van der Waals surface area contributed by atoms with Gasteiger partial charge in [0, 0.05) is 0 Å². The summed E-state index contributed by atoms with van der Waals surface area (Å²) < 4.78 is 8.81. The van der Waals surface area contributed by atoms with E-state index in [0.29, 0.717) is 6.42 Å². The van der Waals surface area contributed by atoms with Crippen LogP contribution >= 0.6 is 0 Å². The number of carbonyl (C=O) groups is 4. The summed E-state index contributed by atoms with van der Waals surface area (Å²) in [6.45, 7) is 8.60. The Balaban J connectivity index is 0. The standard InChI is InChI=1S/C24H38O8.C4H11N/c1-4-5-6-7-8-9-10-11-12-13-14-15-16-17-18-19(20(25)26)24(21(27)28,22(29)31-2)23(30)32-3;1-3-5-4-2/h16-18H,4-15H2,1-3H3,(H,25,26)(H,27,28);5H,3-4H2,1-2H3. The quantitative estimate of drug-likeness (QED) is 0.0633. The Labute approximate surface area is 222 Å². The first kappa shape index (κ1) is 36.5. The van der Waals surface area contributed by atoms with E-state index in [1.54, 1.807) is 6.08 Å². The van der Waals surface area contributed by atoms with Crippen molar-refractivity contribution >= 4 is 23.9 Å². The maximum absolute atomic E-state index is 12.1. The Kier molecular flexibility index (Phi) is 23.4. The van der Waals surface area contributed by atoms with Crippen molar-refractivity contribution in [2.24, 2.45) is 5.41 Å². The van der Waals surface area contributed by atoms with Crippen molar-refractivity contribution < 1.29 is 38.9 Å². The minimum Gasteiger partial charge on any atom is -0.480 e. The number of carboxylic acid groups (broad SMARTS) is 2. The fraction of sp³-hybridized carbons (Fsp3) is 0.714. The number of unbranched alkanes of at least 4 members (excludes halogenated alkanes) is 11. The van der Waals surface area contributed by atoms with Crippen molar-refractivity contribution in [1.29, 1.82) is 0 Å². The molecule has 0 fully saturated rings. The molecule has 0 radical (unpaired) electrons.